The van der Waals surface area contributed by atoms with E-state index in [-0.39, 0.29) is 20.4 Å². The van der Waals surface area contributed by atoms with Crippen LogP contribution < -0.4 is 0 Å². The van der Waals surface area contributed by atoms with Crippen molar-refractivity contribution < 1.29 is 20.4 Å². The summed E-state index contributed by atoms with van der Waals surface area (Å²) in [6, 6.07) is 5.41. The van der Waals surface area contributed by atoms with Crippen LogP contribution in [0.25, 0.3) is 0 Å². The number of pyridine rings is 1. The van der Waals surface area contributed by atoms with E-state index >= 15 is 0 Å². The fourth-order valence-corrected chi connectivity index (χ4v) is 0.471. The molecule has 1 nitrogen and oxygen atoms in total. The summed E-state index contributed by atoms with van der Waals surface area (Å²) in [5.74, 6) is 0. The summed E-state index contributed by atoms with van der Waals surface area (Å²) < 4.78 is 0. The fraction of sp³-hybridized carbons (Fsp3) is 0. The van der Waals surface area contributed by atoms with Crippen LogP contribution in [0.4, 0.5) is 0 Å². The molecule has 0 saturated carbocycles. The molecule has 0 fully saturated rings. The Morgan fingerprint density at radius 1 is 1.38 bits per heavy atom. The summed E-state index contributed by atoms with van der Waals surface area (Å²) in [7, 11) is 0. The van der Waals surface area contributed by atoms with Crippen molar-refractivity contribution in [1.82, 2.24) is 4.98 Å². The molecule has 0 amide bonds. The largest absolute Gasteiger partial charge is 0.245 e. The van der Waals surface area contributed by atoms with Crippen LogP contribution in [0.15, 0.2) is 24.4 Å². The first-order valence-corrected chi connectivity index (χ1v) is 2.34. The predicted molar refractivity (Wildman–Crippen MR) is 29.2 cm³/mol. The van der Waals surface area contributed by atoms with Crippen LogP contribution in [0.2, 0.25) is 5.15 Å². The van der Waals surface area contributed by atoms with E-state index < -0.39 is 0 Å². The molecule has 1 aromatic rings. The van der Waals surface area contributed by atoms with Gasteiger partial charge in [-0.3, -0.25) is 0 Å². The molecule has 0 aliphatic carbocycles. The van der Waals surface area contributed by atoms with Crippen molar-refractivity contribution in [3.05, 3.63) is 29.5 Å². The average molecular weight is 220 g/mol. The maximum absolute atomic E-state index is 5.43. The van der Waals surface area contributed by atoms with Gasteiger partial charge in [-0.05, 0) is 12.1 Å². The van der Waals surface area contributed by atoms with E-state index in [1.807, 2.05) is 12.1 Å². The van der Waals surface area contributed by atoms with Gasteiger partial charge in [0.2, 0.25) is 0 Å². The maximum Gasteiger partial charge on any atom is 0.129 e. The van der Waals surface area contributed by atoms with E-state index in [1.165, 1.54) is 0 Å². The molecule has 0 radical (unpaired) electrons. The summed E-state index contributed by atoms with van der Waals surface area (Å²) in [5.41, 5.74) is 0. The van der Waals surface area contributed by atoms with Gasteiger partial charge in [-0.25, -0.2) is 4.98 Å². The molecular weight excluding hydrogens is 216 g/mol. The molecule has 0 atom stereocenters. The first kappa shape index (κ1) is 8.10. The van der Waals surface area contributed by atoms with Crippen molar-refractivity contribution in [2.24, 2.45) is 0 Å². The van der Waals surface area contributed by atoms with E-state index in [4.69, 9.17) is 11.6 Å². The van der Waals surface area contributed by atoms with Crippen molar-refractivity contribution in [1.29, 1.82) is 0 Å². The molecule has 0 spiro atoms. The van der Waals surface area contributed by atoms with Crippen molar-refractivity contribution >= 4 is 11.6 Å². The van der Waals surface area contributed by atoms with Crippen LogP contribution in [-0.2, 0) is 20.4 Å². The first-order chi connectivity index (χ1) is 3.39. The zero-order valence-corrected chi connectivity index (χ0v) is 6.26. The number of hydrogen-bond acceptors (Lipinski definition) is 1. The number of rotatable bonds is 0. The molecule has 1 aromatic heterocycles. The molecule has 0 aromatic carbocycles. The minimum Gasteiger partial charge on any atom is -0.245 e. The summed E-state index contributed by atoms with van der Waals surface area (Å²) in [6.07, 6.45) is 1.66. The molecule has 1 rings (SSSR count). The smallest absolute Gasteiger partial charge is 0.129 e. The normalized spacial score (nSPS) is 7.62. The Bertz CT molecular complexity index is 142. The minimum absolute atomic E-state index is 0. The molecule has 8 heavy (non-hydrogen) atoms. The van der Waals surface area contributed by atoms with Crippen LogP contribution in [0.1, 0.15) is 0 Å². The monoisotopic (exact) mass is 219 g/mol. The molecule has 0 unspecified atom stereocenters. The van der Waals surface area contributed by atoms with E-state index in [9.17, 15) is 0 Å². The summed E-state index contributed by atoms with van der Waals surface area (Å²) in [4.78, 5) is 3.74. The number of nitrogens with zero attached hydrogens (tertiary/aromatic N) is 1. The van der Waals surface area contributed by atoms with Gasteiger partial charge in [0.05, 0.1) is 0 Å². The van der Waals surface area contributed by atoms with E-state index in [0.29, 0.717) is 5.15 Å². The van der Waals surface area contributed by atoms with Gasteiger partial charge in [0.25, 0.3) is 0 Å². The first-order valence-electron chi connectivity index (χ1n) is 1.96. The number of aromatic nitrogens is 1. The summed E-state index contributed by atoms with van der Waals surface area (Å²) >= 11 is 5.43. The molecule has 0 aliphatic heterocycles. The van der Waals surface area contributed by atoms with Crippen molar-refractivity contribution in [2.45, 2.75) is 0 Å². The summed E-state index contributed by atoms with van der Waals surface area (Å²) in [6.45, 7) is 0. The van der Waals surface area contributed by atoms with Gasteiger partial charge < -0.3 is 0 Å². The van der Waals surface area contributed by atoms with Crippen LogP contribution in [-0.4, -0.2) is 4.98 Å². The van der Waals surface area contributed by atoms with Crippen molar-refractivity contribution in [2.75, 3.05) is 0 Å². The molecule has 1 heterocycles. The van der Waals surface area contributed by atoms with Crippen molar-refractivity contribution in [3.63, 3.8) is 0 Å². The molecule has 0 aliphatic rings. The third-order valence-electron chi connectivity index (χ3n) is 0.629. The van der Waals surface area contributed by atoms with Crippen LogP contribution >= 0.6 is 11.6 Å². The van der Waals surface area contributed by atoms with Crippen LogP contribution in [0, 0.1) is 0 Å². The van der Waals surface area contributed by atoms with E-state index in [2.05, 4.69) is 4.98 Å². The number of hydrogen-bond donors (Lipinski definition) is 0. The Balaban J connectivity index is 0.000000490. The second kappa shape index (κ2) is 4.03. The minimum atomic E-state index is 0. The zero-order chi connectivity index (χ0) is 5.11. The van der Waals surface area contributed by atoms with E-state index in [1.54, 1.807) is 12.3 Å². The molecule has 46 valence electrons. The topological polar surface area (TPSA) is 12.9 Å². The van der Waals surface area contributed by atoms with Gasteiger partial charge >= 0.3 is 0 Å². The third kappa shape index (κ3) is 2.42. The van der Waals surface area contributed by atoms with Gasteiger partial charge in [0.1, 0.15) is 5.15 Å². The average Bonchev–Trinajstić information content (AvgIpc) is 1.69. The maximum atomic E-state index is 5.43. The molecule has 0 bridgehead atoms. The predicted octanol–water partition coefficient (Wildman–Crippen LogP) is 1.73. The van der Waals surface area contributed by atoms with Gasteiger partial charge in [0, 0.05) is 26.6 Å². The van der Waals surface area contributed by atoms with Crippen LogP contribution in [0.5, 0.6) is 0 Å². The summed E-state index contributed by atoms with van der Waals surface area (Å²) in [5, 5.41) is 0.544. The van der Waals surface area contributed by atoms with Crippen LogP contribution in [0.3, 0.4) is 0 Å². The van der Waals surface area contributed by atoms with Crippen molar-refractivity contribution in [3.8, 4) is 0 Å². The SMILES string of the molecule is Clc1ccccn1.[Pd]. The molecule has 0 saturated heterocycles. The second-order valence-electron chi connectivity index (χ2n) is 1.15. The quantitative estimate of drug-likeness (QED) is 0.479. The van der Waals surface area contributed by atoms with Gasteiger partial charge in [-0.1, -0.05) is 17.7 Å². The Labute approximate surface area is 66.7 Å². The standard InChI is InChI=1S/C5H4ClN.Pd/c6-5-3-1-2-4-7-5;/h1-4H;. The Hall–Kier alpha value is 0.102. The molecule has 0 N–H and O–H groups in total. The van der Waals surface area contributed by atoms with Gasteiger partial charge in [0.15, 0.2) is 0 Å². The molecule has 3 heteroatoms. The zero-order valence-electron chi connectivity index (χ0n) is 3.95. The number of halogens is 1. The van der Waals surface area contributed by atoms with Gasteiger partial charge in [-0.2, -0.15) is 0 Å². The Kier molecular flexibility index (Phi) is 4.08. The van der Waals surface area contributed by atoms with E-state index in [0.717, 1.165) is 0 Å². The fourth-order valence-electron chi connectivity index (χ4n) is 0.342. The van der Waals surface area contributed by atoms with Gasteiger partial charge in [-0.15, -0.1) is 0 Å². The third-order valence-corrected chi connectivity index (χ3v) is 0.852. The Morgan fingerprint density at radius 3 is 2.38 bits per heavy atom. The molecular formula is C5H4ClNPd. The second-order valence-corrected chi connectivity index (χ2v) is 1.54. The Morgan fingerprint density at radius 2 is 2.12 bits per heavy atom.